The van der Waals surface area contributed by atoms with E-state index < -0.39 is 5.91 Å². The van der Waals surface area contributed by atoms with Gasteiger partial charge in [0.1, 0.15) is 11.4 Å². The van der Waals surface area contributed by atoms with Crippen molar-refractivity contribution >= 4 is 28.3 Å². The first-order valence-corrected chi connectivity index (χ1v) is 9.96. The number of aromatic hydroxyl groups is 1. The largest absolute Gasteiger partial charge is 0.507 e. The first-order valence-electron chi connectivity index (χ1n) is 9.08. The Labute approximate surface area is 173 Å². The Morgan fingerprint density at radius 1 is 1.17 bits per heavy atom. The highest BCUT2D eigenvalue weighted by Crippen LogP contribution is 2.25. The maximum absolute atomic E-state index is 12.4. The van der Waals surface area contributed by atoms with E-state index in [0.717, 1.165) is 11.3 Å². The molecule has 0 fully saturated rings. The molecule has 0 bridgehead atoms. The molecule has 0 unspecified atom stereocenters. The highest BCUT2D eigenvalue weighted by molar-refractivity contribution is 7.14. The number of phenols is 1. The van der Waals surface area contributed by atoms with Crippen LogP contribution >= 0.6 is 11.3 Å². The Balaban J connectivity index is 2.01. The molecular weight excluding hydrogens is 396 g/mol. The summed E-state index contributed by atoms with van der Waals surface area (Å²) in [4.78, 5) is 30.8. The number of aliphatic hydroxyl groups is 2. The average molecular weight is 423 g/mol. The molecule has 0 saturated carbocycles. The number of aromatic nitrogens is 1. The van der Waals surface area contributed by atoms with Gasteiger partial charge in [0, 0.05) is 24.5 Å². The molecule has 10 heteroatoms. The molecule has 1 aromatic carbocycles. The Kier molecular flexibility index (Phi) is 8.09. The van der Waals surface area contributed by atoms with Gasteiger partial charge in [-0.15, -0.1) is 11.3 Å². The van der Waals surface area contributed by atoms with Crippen LogP contribution in [0.25, 0.3) is 0 Å². The normalized spacial score (nSPS) is 11.1. The summed E-state index contributed by atoms with van der Waals surface area (Å²) in [5, 5.41) is 35.7. The number of rotatable bonds is 9. The minimum atomic E-state index is -0.637. The van der Waals surface area contributed by atoms with Gasteiger partial charge in [-0.1, -0.05) is 0 Å². The second-order valence-electron chi connectivity index (χ2n) is 6.78. The lowest BCUT2D eigenvalue weighted by Crippen LogP contribution is -2.36. The topological polar surface area (TPSA) is 135 Å². The SMILES string of the molecule is CC(C)N(C)CCNC(=O)c1csc(NC(=O)c2cc(CO)c(CO)cc2O)n1. The highest BCUT2D eigenvalue weighted by Gasteiger charge is 2.18. The predicted octanol–water partition coefficient (Wildman–Crippen LogP) is 1.16. The maximum atomic E-state index is 12.4. The van der Waals surface area contributed by atoms with E-state index in [9.17, 15) is 24.9 Å². The highest BCUT2D eigenvalue weighted by atomic mass is 32.1. The van der Waals surface area contributed by atoms with Gasteiger partial charge in [-0.3, -0.25) is 14.9 Å². The fourth-order valence-corrected chi connectivity index (χ4v) is 3.13. The van der Waals surface area contributed by atoms with Gasteiger partial charge in [0.2, 0.25) is 0 Å². The predicted molar refractivity (Wildman–Crippen MR) is 110 cm³/mol. The van der Waals surface area contributed by atoms with Crippen molar-refractivity contribution in [2.24, 2.45) is 0 Å². The van der Waals surface area contributed by atoms with Gasteiger partial charge in [-0.2, -0.15) is 0 Å². The Morgan fingerprint density at radius 3 is 2.45 bits per heavy atom. The second kappa shape index (κ2) is 10.3. The van der Waals surface area contributed by atoms with E-state index in [1.807, 2.05) is 7.05 Å². The van der Waals surface area contributed by atoms with Crippen LogP contribution in [0, 0.1) is 0 Å². The molecule has 9 nitrogen and oxygen atoms in total. The van der Waals surface area contributed by atoms with Crippen molar-refractivity contribution in [2.75, 3.05) is 25.5 Å². The molecule has 158 valence electrons. The molecule has 1 aromatic heterocycles. The zero-order chi connectivity index (χ0) is 21.6. The second-order valence-corrected chi connectivity index (χ2v) is 7.63. The van der Waals surface area contributed by atoms with Crippen molar-refractivity contribution in [3.63, 3.8) is 0 Å². The van der Waals surface area contributed by atoms with Crippen molar-refractivity contribution in [2.45, 2.75) is 33.1 Å². The third-order valence-electron chi connectivity index (χ3n) is 4.49. The van der Waals surface area contributed by atoms with Crippen LogP contribution in [0.15, 0.2) is 17.5 Å². The molecule has 0 aliphatic heterocycles. The number of thiazole rings is 1. The minimum absolute atomic E-state index is 0.0656. The number of likely N-dealkylation sites (N-methyl/N-ethyl adjacent to an activating group) is 1. The maximum Gasteiger partial charge on any atom is 0.270 e. The number of hydrogen-bond donors (Lipinski definition) is 5. The lowest BCUT2D eigenvalue weighted by molar-refractivity contribution is 0.0942. The molecule has 2 aromatic rings. The van der Waals surface area contributed by atoms with E-state index in [1.165, 1.54) is 17.5 Å². The summed E-state index contributed by atoms with van der Waals surface area (Å²) in [7, 11) is 1.97. The van der Waals surface area contributed by atoms with Gasteiger partial charge < -0.3 is 25.5 Å². The molecular formula is C19H26N4O5S. The fraction of sp³-hybridized carbons (Fsp3) is 0.421. The van der Waals surface area contributed by atoms with Crippen molar-refractivity contribution < 1.29 is 24.9 Å². The number of phenolic OH excluding ortho intramolecular Hbond substituents is 1. The third kappa shape index (κ3) is 5.97. The summed E-state index contributed by atoms with van der Waals surface area (Å²) in [6.45, 7) is 4.55. The standard InChI is InChI=1S/C19H26N4O5S/c1-11(2)23(3)5-4-20-18(28)15-10-29-19(21-15)22-17(27)14-6-12(8-24)13(9-25)7-16(14)26/h6-7,10-11,24-26H,4-5,8-9H2,1-3H3,(H,20,28)(H,21,22,27). The van der Waals surface area contributed by atoms with Crippen molar-refractivity contribution in [3.05, 3.63) is 39.9 Å². The summed E-state index contributed by atoms with van der Waals surface area (Å²) in [5.41, 5.74) is 0.788. The summed E-state index contributed by atoms with van der Waals surface area (Å²) < 4.78 is 0. The van der Waals surface area contributed by atoms with Crippen LogP contribution in [0.2, 0.25) is 0 Å². The number of carbonyl (C=O) groups excluding carboxylic acids is 2. The van der Waals surface area contributed by atoms with Crippen LogP contribution in [0.5, 0.6) is 5.75 Å². The molecule has 0 spiro atoms. The molecule has 0 saturated heterocycles. The smallest absolute Gasteiger partial charge is 0.270 e. The summed E-state index contributed by atoms with van der Waals surface area (Å²) in [6, 6.07) is 2.92. The lowest BCUT2D eigenvalue weighted by atomic mass is 10.0. The number of amides is 2. The van der Waals surface area contributed by atoms with Crippen LogP contribution in [0.4, 0.5) is 5.13 Å². The summed E-state index contributed by atoms with van der Waals surface area (Å²) >= 11 is 1.08. The van der Waals surface area contributed by atoms with Crippen LogP contribution in [0.3, 0.4) is 0 Å². The van der Waals surface area contributed by atoms with Crippen LogP contribution in [-0.4, -0.2) is 63.2 Å². The van der Waals surface area contributed by atoms with E-state index in [1.54, 1.807) is 0 Å². The number of nitrogens with zero attached hydrogens (tertiary/aromatic N) is 2. The number of benzene rings is 1. The lowest BCUT2D eigenvalue weighted by Gasteiger charge is -2.20. The minimum Gasteiger partial charge on any atom is -0.507 e. The molecule has 2 rings (SSSR count). The zero-order valence-corrected chi connectivity index (χ0v) is 17.4. The molecule has 0 aliphatic carbocycles. The van der Waals surface area contributed by atoms with Gasteiger partial charge in [-0.05, 0) is 44.2 Å². The average Bonchev–Trinajstić information content (AvgIpc) is 3.15. The number of hydrogen-bond acceptors (Lipinski definition) is 8. The molecule has 0 atom stereocenters. The molecule has 1 heterocycles. The van der Waals surface area contributed by atoms with E-state index in [4.69, 9.17) is 0 Å². The molecule has 0 aliphatic rings. The first kappa shape index (κ1) is 22.8. The third-order valence-corrected chi connectivity index (χ3v) is 5.25. The number of aliphatic hydroxyl groups excluding tert-OH is 2. The van der Waals surface area contributed by atoms with E-state index in [-0.39, 0.29) is 41.3 Å². The van der Waals surface area contributed by atoms with Crippen LogP contribution in [0.1, 0.15) is 45.8 Å². The Hall–Kier alpha value is -2.53. The van der Waals surface area contributed by atoms with E-state index in [0.29, 0.717) is 30.3 Å². The summed E-state index contributed by atoms with van der Waals surface area (Å²) in [5.74, 6) is -1.30. The van der Waals surface area contributed by atoms with E-state index in [2.05, 4.69) is 34.4 Å². The number of nitrogens with one attached hydrogen (secondary N) is 2. The van der Waals surface area contributed by atoms with Crippen molar-refractivity contribution in [3.8, 4) is 5.75 Å². The van der Waals surface area contributed by atoms with Gasteiger partial charge in [-0.25, -0.2) is 4.98 Å². The quantitative estimate of drug-likeness (QED) is 0.409. The van der Waals surface area contributed by atoms with Gasteiger partial charge in [0.05, 0.1) is 18.8 Å². The monoisotopic (exact) mass is 422 g/mol. The molecule has 2 amide bonds. The van der Waals surface area contributed by atoms with Gasteiger partial charge in [0.25, 0.3) is 11.8 Å². The summed E-state index contributed by atoms with van der Waals surface area (Å²) in [6.07, 6.45) is 0. The van der Waals surface area contributed by atoms with Crippen LogP contribution in [-0.2, 0) is 13.2 Å². The van der Waals surface area contributed by atoms with E-state index >= 15 is 0 Å². The van der Waals surface area contributed by atoms with Crippen LogP contribution < -0.4 is 10.6 Å². The number of anilines is 1. The number of carbonyl (C=O) groups is 2. The van der Waals surface area contributed by atoms with Crippen molar-refractivity contribution in [1.82, 2.24) is 15.2 Å². The molecule has 0 radical (unpaired) electrons. The first-order chi connectivity index (χ1) is 13.8. The Bertz CT molecular complexity index is 868. The van der Waals surface area contributed by atoms with Crippen molar-refractivity contribution in [1.29, 1.82) is 0 Å². The molecule has 29 heavy (non-hydrogen) atoms. The zero-order valence-electron chi connectivity index (χ0n) is 16.6. The van der Waals surface area contributed by atoms with Gasteiger partial charge >= 0.3 is 0 Å². The Morgan fingerprint density at radius 2 is 1.83 bits per heavy atom. The fourth-order valence-electron chi connectivity index (χ4n) is 2.45. The molecule has 5 N–H and O–H groups in total. The van der Waals surface area contributed by atoms with Gasteiger partial charge in [0.15, 0.2) is 5.13 Å².